The maximum Gasteiger partial charge on any atom is 0.511 e. The maximum atomic E-state index is 14.9. The molecule has 0 amide bonds. The van der Waals surface area contributed by atoms with E-state index in [1.165, 1.54) is 12.3 Å². The SMILES string of the molecule is O=C(O)Oc1cn(C2CC2)c2nc(N3CC4CCC3CN4)c(F)cc2c1=O. The Hall–Kier alpha value is -2.68. The van der Waals surface area contributed by atoms with E-state index in [1.54, 1.807) is 4.57 Å². The first-order valence-corrected chi connectivity index (χ1v) is 9.17. The van der Waals surface area contributed by atoms with Crippen molar-refractivity contribution in [1.82, 2.24) is 14.9 Å². The third-order valence-corrected chi connectivity index (χ3v) is 5.66. The summed E-state index contributed by atoms with van der Waals surface area (Å²) in [6.45, 7) is 1.48. The number of halogens is 1. The van der Waals surface area contributed by atoms with Crippen LogP contribution in [0.3, 0.4) is 0 Å². The number of aromatic nitrogens is 2. The van der Waals surface area contributed by atoms with E-state index < -0.39 is 17.4 Å². The Morgan fingerprint density at radius 3 is 2.67 bits per heavy atom. The molecule has 8 nitrogen and oxygen atoms in total. The summed E-state index contributed by atoms with van der Waals surface area (Å²) >= 11 is 0. The number of rotatable bonds is 3. The molecule has 3 aliphatic heterocycles. The second-order valence-corrected chi connectivity index (χ2v) is 7.48. The van der Waals surface area contributed by atoms with Crippen LogP contribution in [-0.2, 0) is 0 Å². The van der Waals surface area contributed by atoms with Crippen molar-refractivity contribution < 1.29 is 19.0 Å². The van der Waals surface area contributed by atoms with Gasteiger partial charge >= 0.3 is 6.16 Å². The van der Waals surface area contributed by atoms with Crippen LogP contribution in [0, 0.1) is 5.82 Å². The van der Waals surface area contributed by atoms with E-state index in [2.05, 4.69) is 15.0 Å². The maximum absolute atomic E-state index is 14.9. The first-order valence-electron chi connectivity index (χ1n) is 9.17. The van der Waals surface area contributed by atoms with Crippen LogP contribution in [0.2, 0.25) is 0 Å². The van der Waals surface area contributed by atoms with Crippen LogP contribution in [-0.4, -0.2) is 46.0 Å². The van der Waals surface area contributed by atoms with E-state index in [9.17, 15) is 14.0 Å². The van der Waals surface area contributed by atoms with Crippen molar-refractivity contribution in [2.45, 2.75) is 43.8 Å². The summed E-state index contributed by atoms with van der Waals surface area (Å²) in [7, 11) is 0. The Labute approximate surface area is 153 Å². The topological polar surface area (TPSA) is 96.7 Å². The molecular weight excluding hydrogens is 355 g/mol. The van der Waals surface area contributed by atoms with E-state index in [-0.39, 0.29) is 29.0 Å². The van der Waals surface area contributed by atoms with Crippen molar-refractivity contribution >= 4 is 23.0 Å². The second-order valence-electron chi connectivity index (χ2n) is 7.48. The number of hydrogen-bond acceptors (Lipinski definition) is 6. The fourth-order valence-electron chi connectivity index (χ4n) is 4.18. The van der Waals surface area contributed by atoms with Crippen molar-refractivity contribution in [3.05, 3.63) is 28.3 Å². The molecule has 5 heterocycles. The predicted molar refractivity (Wildman–Crippen MR) is 95.0 cm³/mol. The standard InChI is InChI=1S/C18H19FN4O4/c19-13-5-12-15(24)14(27-18(25)26)8-23(10-3-4-10)16(12)21-17(13)22-7-9-1-2-11(22)6-20-9/h5,8-11,20H,1-4,6-7H2,(H,25,26). The molecule has 27 heavy (non-hydrogen) atoms. The number of ether oxygens (including phenoxy) is 1. The Kier molecular flexibility index (Phi) is 3.61. The molecule has 142 valence electrons. The predicted octanol–water partition coefficient (Wildman–Crippen LogP) is 1.87. The molecule has 2 unspecified atom stereocenters. The fourth-order valence-corrected chi connectivity index (χ4v) is 4.18. The molecule has 3 saturated heterocycles. The molecule has 1 aliphatic carbocycles. The highest BCUT2D eigenvalue weighted by atomic mass is 19.1. The van der Waals surface area contributed by atoms with Crippen molar-refractivity contribution in [2.75, 3.05) is 18.0 Å². The van der Waals surface area contributed by atoms with Crippen LogP contribution in [0.25, 0.3) is 11.0 Å². The number of piperazine rings is 1. The van der Waals surface area contributed by atoms with Gasteiger partial charge in [0.1, 0.15) is 5.65 Å². The van der Waals surface area contributed by atoms with E-state index in [0.717, 1.165) is 32.2 Å². The summed E-state index contributed by atoms with van der Waals surface area (Å²) in [6, 6.07) is 1.80. The highest BCUT2D eigenvalue weighted by Gasteiger charge is 2.36. The first kappa shape index (κ1) is 16.5. The number of fused-ring (bicyclic) bond motifs is 4. The monoisotopic (exact) mass is 374 g/mol. The van der Waals surface area contributed by atoms with E-state index >= 15 is 0 Å². The average Bonchev–Trinajstić information content (AvgIpc) is 3.49. The third kappa shape index (κ3) is 2.73. The molecule has 2 aromatic rings. The zero-order chi connectivity index (χ0) is 18.7. The van der Waals surface area contributed by atoms with Crippen LogP contribution < -0.4 is 20.4 Å². The number of hydrogen-bond donors (Lipinski definition) is 2. The van der Waals surface area contributed by atoms with E-state index in [0.29, 0.717) is 18.2 Å². The van der Waals surface area contributed by atoms with Gasteiger partial charge in [-0.2, -0.15) is 0 Å². The number of carbonyl (C=O) groups is 1. The summed E-state index contributed by atoms with van der Waals surface area (Å²) in [5, 5.41) is 12.3. The lowest BCUT2D eigenvalue weighted by atomic mass is 9.93. The molecule has 0 radical (unpaired) electrons. The molecule has 1 saturated carbocycles. The van der Waals surface area contributed by atoms with Crippen LogP contribution in [0.5, 0.6) is 5.75 Å². The Balaban J connectivity index is 1.67. The molecule has 2 bridgehead atoms. The molecule has 4 aliphatic rings. The number of piperidine rings is 2. The molecule has 9 heteroatoms. The van der Waals surface area contributed by atoms with Gasteiger partial charge < -0.3 is 24.6 Å². The molecule has 2 aromatic heterocycles. The van der Waals surface area contributed by atoms with E-state index in [4.69, 9.17) is 5.11 Å². The zero-order valence-corrected chi connectivity index (χ0v) is 14.5. The third-order valence-electron chi connectivity index (χ3n) is 5.66. The summed E-state index contributed by atoms with van der Waals surface area (Å²) < 4.78 is 21.3. The number of anilines is 1. The molecule has 4 fully saturated rings. The second kappa shape index (κ2) is 5.91. The van der Waals surface area contributed by atoms with Gasteiger partial charge in [0, 0.05) is 31.2 Å². The van der Waals surface area contributed by atoms with Gasteiger partial charge in [-0.1, -0.05) is 0 Å². The van der Waals surface area contributed by atoms with Gasteiger partial charge in [-0.15, -0.1) is 0 Å². The van der Waals surface area contributed by atoms with Crippen LogP contribution in [0.15, 0.2) is 17.1 Å². The minimum absolute atomic E-state index is 0.0437. The summed E-state index contributed by atoms with van der Waals surface area (Å²) in [5.41, 5.74) is -0.282. The molecule has 2 atom stereocenters. The summed E-state index contributed by atoms with van der Waals surface area (Å²) in [6.07, 6.45) is 3.66. The first-order chi connectivity index (χ1) is 13.0. The number of pyridine rings is 2. The number of nitrogens with zero attached hydrogens (tertiary/aromatic N) is 3. The van der Waals surface area contributed by atoms with Crippen LogP contribution in [0.4, 0.5) is 15.0 Å². The number of carboxylic acid groups (broad SMARTS) is 1. The van der Waals surface area contributed by atoms with Gasteiger partial charge in [0.15, 0.2) is 17.4 Å². The normalized spacial score (nSPS) is 24.4. The lowest BCUT2D eigenvalue weighted by Crippen LogP contribution is -2.61. The molecule has 0 spiro atoms. The van der Waals surface area contributed by atoms with Gasteiger partial charge in [-0.25, -0.2) is 14.2 Å². The highest BCUT2D eigenvalue weighted by molar-refractivity contribution is 5.80. The molecular formula is C18H19FN4O4. The number of nitrogens with one attached hydrogen (secondary N) is 1. The average molecular weight is 374 g/mol. The Morgan fingerprint density at radius 1 is 1.30 bits per heavy atom. The summed E-state index contributed by atoms with van der Waals surface area (Å²) in [5.74, 6) is -0.626. The van der Waals surface area contributed by atoms with Crippen molar-refractivity contribution in [2.24, 2.45) is 0 Å². The largest absolute Gasteiger partial charge is 0.511 e. The van der Waals surface area contributed by atoms with Crippen LogP contribution >= 0.6 is 0 Å². The zero-order valence-electron chi connectivity index (χ0n) is 14.5. The van der Waals surface area contributed by atoms with Crippen molar-refractivity contribution in [1.29, 1.82) is 0 Å². The minimum Gasteiger partial charge on any atom is -0.449 e. The van der Waals surface area contributed by atoms with Gasteiger partial charge in [-0.05, 0) is 31.7 Å². The van der Waals surface area contributed by atoms with Gasteiger partial charge in [0.2, 0.25) is 5.43 Å². The molecule has 0 aromatic carbocycles. The van der Waals surface area contributed by atoms with E-state index in [1.807, 2.05) is 4.90 Å². The Bertz CT molecular complexity index is 995. The molecule has 6 rings (SSSR count). The smallest absolute Gasteiger partial charge is 0.449 e. The quantitative estimate of drug-likeness (QED) is 0.792. The van der Waals surface area contributed by atoms with Crippen molar-refractivity contribution in [3.63, 3.8) is 0 Å². The molecule has 2 N–H and O–H groups in total. The Morgan fingerprint density at radius 2 is 2.07 bits per heavy atom. The van der Waals surface area contributed by atoms with Gasteiger partial charge in [0.25, 0.3) is 0 Å². The lowest BCUT2D eigenvalue weighted by Gasteiger charge is -2.46. The summed E-state index contributed by atoms with van der Waals surface area (Å²) in [4.78, 5) is 30.0. The van der Waals surface area contributed by atoms with Crippen LogP contribution in [0.1, 0.15) is 31.7 Å². The lowest BCUT2D eigenvalue weighted by molar-refractivity contribution is 0.143. The fraction of sp³-hybridized carbons (Fsp3) is 0.500. The van der Waals surface area contributed by atoms with Gasteiger partial charge in [-0.3, -0.25) is 4.79 Å². The highest BCUT2D eigenvalue weighted by Crippen LogP contribution is 2.38. The van der Waals surface area contributed by atoms with Gasteiger partial charge in [0.05, 0.1) is 11.6 Å². The van der Waals surface area contributed by atoms with Crippen molar-refractivity contribution in [3.8, 4) is 5.75 Å². The minimum atomic E-state index is -1.57.